The van der Waals surface area contributed by atoms with E-state index in [1.807, 2.05) is 26.0 Å². The summed E-state index contributed by atoms with van der Waals surface area (Å²) in [7, 11) is 0. The van der Waals surface area contributed by atoms with E-state index in [1.165, 1.54) is 16.2 Å². The molecule has 1 heterocycles. The molecule has 1 unspecified atom stereocenters. The van der Waals surface area contributed by atoms with Gasteiger partial charge in [-0.3, -0.25) is 4.79 Å². The number of carbonyl (C=O) groups excluding carboxylic acids is 1. The number of thiophene rings is 1. The topological polar surface area (TPSA) is 40.9 Å². The van der Waals surface area contributed by atoms with Gasteiger partial charge in [0.15, 0.2) is 5.78 Å². The second-order valence-corrected chi connectivity index (χ2v) is 5.46. The predicted molar refractivity (Wildman–Crippen MR) is 66.6 cm³/mol. The van der Waals surface area contributed by atoms with E-state index in [2.05, 4.69) is 13.0 Å². The fraction of sp³-hybridized carbons (Fsp3) is 0.538. The molecular formula is C13H17NOS. The molecule has 0 N–H and O–H groups in total. The first-order valence-corrected chi connectivity index (χ1v) is 6.42. The molecule has 0 saturated heterocycles. The minimum absolute atomic E-state index is 0.0131. The van der Waals surface area contributed by atoms with Gasteiger partial charge >= 0.3 is 0 Å². The molecule has 0 amide bonds. The SMILES string of the molecule is CCc1ccc(C(=O)C(C#N)CC(C)C)s1. The Bertz CT molecular complexity index is 400. The van der Waals surface area contributed by atoms with Crippen LogP contribution in [0.15, 0.2) is 12.1 Å². The van der Waals surface area contributed by atoms with Crippen molar-refractivity contribution in [2.75, 3.05) is 0 Å². The quantitative estimate of drug-likeness (QED) is 0.730. The smallest absolute Gasteiger partial charge is 0.189 e. The van der Waals surface area contributed by atoms with E-state index >= 15 is 0 Å². The van der Waals surface area contributed by atoms with Crippen LogP contribution in [0.4, 0.5) is 0 Å². The molecule has 86 valence electrons. The lowest BCUT2D eigenvalue weighted by Crippen LogP contribution is -2.14. The molecule has 16 heavy (non-hydrogen) atoms. The van der Waals surface area contributed by atoms with Crippen LogP contribution in [0, 0.1) is 23.2 Å². The van der Waals surface area contributed by atoms with Gasteiger partial charge < -0.3 is 0 Å². The van der Waals surface area contributed by atoms with Gasteiger partial charge in [-0.25, -0.2) is 0 Å². The number of hydrogen-bond donors (Lipinski definition) is 0. The fourth-order valence-electron chi connectivity index (χ4n) is 1.56. The third-order valence-electron chi connectivity index (χ3n) is 2.43. The van der Waals surface area contributed by atoms with Crippen LogP contribution in [0.2, 0.25) is 0 Å². The summed E-state index contributed by atoms with van der Waals surface area (Å²) in [6.45, 7) is 6.13. The molecule has 0 aliphatic heterocycles. The van der Waals surface area contributed by atoms with Crippen LogP contribution in [0.3, 0.4) is 0 Å². The molecule has 0 spiro atoms. The second-order valence-electron chi connectivity index (χ2n) is 4.29. The Kier molecular flexibility index (Phi) is 4.70. The van der Waals surface area contributed by atoms with Crippen LogP contribution in [0.25, 0.3) is 0 Å². The Hall–Kier alpha value is -1.14. The standard InChI is InChI=1S/C13H17NOS/c1-4-11-5-6-12(16-11)13(15)10(8-14)7-9(2)3/h5-6,9-10H,4,7H2,1-3H3. The van der Waals surface area contributed by atoms with Gasteiger partial charge in [0.1, 0.15) is 5.92 Å². The molecule has 0 aromatic carbocycles. The molecule has 1 atom stereocenters. The molecule has 0 aliphatic carbocycles. The van der Waals surface area contributed by atoms with Crippen molar-refractivity contribution in [3.63, 3.8) is 0 Å². The van der Waals surface area contributed by atoms with Crippen molar-refractivity contribution in [2.24, 2.45) is 11.8 Å². The maximum Gasteiger partial charge on any atom is 0.189 e. The molecule has 0 saturated carbocycles. The normalized spacial score (nSPS) is 12.4. The van der Waals surface area contributed by atoms with Crippen LogP contribution >= 0.6 is 11.3 Å². The summed E-state index contributed by atoms with van der Waals surface area (Å²) < 4.78 is 0. The lowest BCUT2D eigenvalue weighted by atomic mass is 9.94. The van der Waals surface area contributed by atoms with Gasteiger partial charge in [0.25, 0.3) is 0 Å². The highest BCUT2D eigenvalue weighted by Crippen LogP contribution is 2.23. The van der Waals surface area contributed by atoms with Crippen molar-refractivity contribution < 1.29 is 4.79 Å². The van der Waals surface area contributed by atoms with Gasteiger partial charge in [0.05, 0.1) is 10.9 Å². The molecule has 1 aromatic heterocycles. The summed E-state index contributed by atoms with van der Waals surface area (Å²) in [6.07, 6.45) is 1.59. The van der Waals surface area contributed by atoms with Crippen molar-refractivity contribution in [1.29, 1.82) is 5.26 Å². The van der Waals surface area contributed by atoms with E-state index < -0.39 is 5.92 Å². The molecule has 2 nitrogen and oxygen atoms in total. The second kappa shape index (κ2) is 5.81. The predicted octanol–water partition coefficient (Wildman–Crippen LogP) is 3.68. The van der Waals surface area contributed by atoms with E-state index in [0.29, 0.717) is 12.3 Å². The van der Waals surface area contributed by atoms with Crippen LogP contribution in [0.5, 0.6) is 0 Å². The molecular weight excluding hydrogens is 218 g/mol. The van der Waals surface area contributed by atoms with Gasteiger partial charge in [-0.1, -0.05) is 20.8 Å². The molecule has 3 heteroatoms. The van der Waals surface area contributed by atoms with E-state index in [4.69, 9.17) is 5.26 Å². The molecule has 1 rings (SSSR count). The van der Waals surface area contributed by atoms with E-state index in [9.17, 15) is 4.79 Å². The fourth-order valence-corrected chi connectivity index (χ4v) is 2.50. The first kappa shape index (κ1) is 12.9. The number of carbonyl (C=O) groups is 1. The van der Waals surface area contributed by atoms with Crippen LogP contribution in [0.1, 0.15) is 41.7 Å². The lowest BCUT2D eigenvalue weighted by Gasteiger charge is -2.08. The third-order valence-corrected chi connectivity index (χ3v) is 3.68. The average molecular weight is 235 g/mol. The van der Waals surface area contributed by atoms with E-state index in [0.717, 1.165) is 11.3 Å². The Morgan fingerprint density at radius 2 is 2.19 bits per heavy atom. The number of Topliss-reactive ketones (excluding diaryl/α,β-unsaturated/α-hetero) is 1. The van der Waals surface area contributed by atoms with E-state index in [1.54, 1.807) is 0 Å². The maximum absolute atomic E-state index is 12.0. The zero-order chi connectivity index (χ0) is 12.1. The van der Waals surface area contributed by atoms with Crippen molar-refractivity contribution in [1.82, 2.24) is 0 Å². The first-order chi connectivity index (χ1) is 7.58. The van der Waals surface area contributed by atoms with Crippen molar-refractivity contribution in [3.05, 3.63) is 21.9 Å². The summed E-state index contributed by atoms with van der Waals surface area (Å²) >= 11 is 1.51. The number of ketones is 1. The minimum Gasteiger partial charge on any atom is -0.292 e. The molecule has 0 aliphatic rings. The van der Waals surface area contributed by atoms with Gasteiger partial charge in [-0.15, -0.1) is 11.3 Å². The number of aryl methyl sites for hydroxylation is 1. The van der Waals surface area contributed by atoms with Gasteiger partial charge in [-0.2, -0.15) is 5.26 Å². The van der Waals surface area contributed by atoms with Crippen molar-refractivity contribution in [3.8, 4) is 6.07 Å². The lowest BCUT2D eigenvalue weighted by molar-refractivity contribution is 0.0941. The Balaban J connectivity index is 2.79. The zero-order valence-electron chi connectivity index (χ0n) is 9.99. The number of nitrogens with zero attached hydrogens (tertiary/aromatic N) is 1. The Morgan fingerprint density at radius 3 is 2.62 bits per heavy atom. The monoisotopic (exact) mass is 235 g/mol. The highest BCUT2D eigenvalue weighted by atomic mass is 32.1. The highest BCUT2D eigenvalue weighted by Gasteiger charge is 2.21. The minimum atomic E-state index is -0.483. The van der Waals surface area contributed by atoms with Crippen LogP contribution < -0.4 is 0 Å². The Morgan fingerprint density at radius 1 is 1.50 bits per heavy atom. The number of rotatable bonds is 5. The van der Waals surface area contributed by atoms with Crippen molar-refractivity contribution >= 4 is 17.1 Å². The summed E-state index contributed by atoms with van der Waals surface area (Å²) in [4.78, 5) is 14.0. The molecule has 0 fully saturated rings. The Labute approximate surface area is 101 Å². The molecule has 0 radical (unpaired) electrons. The molecule has 1 aromatic rings. The van der Waals surface area contributed by atoms with Crippen LogP contribution in [-0.4, -0.2) is 5.78 Å². The number of nitriles is 1. The zero-order valence-corrected chi connectivity index (χ0v) is 10.8. The summed E-state index contributed by atoms with van der Waals surface area (Å²) in [6, 6.07) is 5.93. The molecule has 0 bridgehead atoms. The van der Waals surface area contributed by atoms with Gasteiger partial charge in [-0.05, 0) is 30.9 Å². The van der Waals surface area contributed by atoms with Crippen LogP contribution in [-0.2, 0) is 6.42 Å². The largest absolute Gasteiger partial charge is 0.292 e. The number of hydrogen-bond acceptors (Lipinski definition) is 3. The van der Waals surface area contributed by atoms with Gasteiger partial charge in [0, 0.05) is 4.88 Å². The third kappa shape index (κ3) is 3.18. The van der Waals surface area contributed by atoms with Gasteiger partial charge in [0.2, 0.25) is 0 Å². The van der Waals surface area contributed by atoms with E-state index in [-0.39, 0.29) is 5.78 Å². The maximum atomic E-state index is 12.0. The average Bonchev–Trinajstić information content (AvgIpc) is 2.73. The van der Waals surface area contributed by atoms with Crippen molar-refractivity contribution in [2.45, 2.75) is 33.6 Å². The summed E-state index contributed by atoms with van der Waals surface area (Å²) in [5.74, 6) is -0.122. The highest BCUT2D eigenvalue weighted by molar-refractivity contribution is 7.14. The summed E-state index contributed by atoms with van der Waals surface area (Å²) in [5, 5.41) is 9.00. The first-order valence-electron chi connectivity index (χ1n) is 5.61. The summed E-state index contributed by atoms with van der Waals surface area (Å²) in [5.41, 5.74) is 0.